The quantitative estimate of drug-likeness (QED) is 0.707. The van der Waals surface area contributed by atoms with Crippen LogP contribution in [0.4, 0.5) is 4.39 Å². The number of hydrogen-bond donors (Lipinski definition) is 0. The van der Waals surface area contributed by atoms with Crippen molar-refractivity contribution in [2.45, 2.75) is 17.9 Å². The van der Waals surface area contributed by atoms with Gasteiger partial charge in [-0.1, -0.05) is 12.1 Å². The molecule has 4 nitrogen and oxygen atoms in total. The number of rotatable bonds is 6. The van der Waals surface area contributed by atoms with Crippen molar-refractivity contribution < 1.29 is 13.9 Å². The summed E-state index contributed by atoms with van der Waals surface area (Å²) in [5.41, 5.74) is 1.25. The molecule has 1 heterocycles. The number of amides is 1. The van der Waals surface area contributed by atoms with Gasteiger partial charge in [0.05, 0.1) is 12.9 Å². The summed E-state index contributed by atoms with van der Waals surface area (Å²) in [6.45, 7) is 4.29. The summed E-state index contributed by atoms with van der Waals surface area (Å²) in [4.78, 5) is 17.8. The van der Waals surface area contributed by atoms with E-state index in [1.54, 1.807) is 19.2 Å². The molecule has 27 heavy (non-hydrogen) atoms. The molecule has 6 heteroatoms. The Balaban J connectivity index is 1.46. The third-order valence-electron chi connectivity index (χ3n) is 4.68. The number of benzene rings is 2. The number of carbonyl (C=O) groups excluding carboxylic acids is 1. The Hall–Kier alpha value is -2.05. The van der Waals surface area contributed by atoms with Crippen molar-refractivity contribution in [3.05, 3.63) is 59.9 Å². The maximum Gasteiger partial charge on any atom is 0.232 e. The summed E-state index contributed by atoms with van der Waals surface area (Å²) in [6, 6.07) is 14.4. The number of nitrogens with zero attached hydrogens (tertiary/aromatic N) is 2. The van der Waals surface area contributed by atoms with Gasteiger partial charge in [0, 0.05) is 37.6 Å². The van der Waals surface area contributed by atoms with Gasteiger partial charge in [0.1, 0.15) is 11.6 Å². The molecule has 1 aliphatic rings. The fraction of sp³-hybridized carbons (Fsp3) is 0.381. The van der Waals surface area contributed by atoms with E-state index in [0.717, 1.165) is 49.8 Å². The second kappa shape index (κ2) is 9.76. The van der Waals surface area contributed by atoms with Crippen LogP contribution in [-0.4, -0.2) is 54.7 Å². The number of carbonyl (C=O) groups is 1. The molecule has 1 saturated heterocycles. The van der Waals surface area contributed by atoms with E-state index < -0.39 is 0 Å². The molecule has 0 unspecified atom stereocenters. The molecule has 3 rings (SSSR count). The van der Waals surface area contributed by atoms with Gasteiger partial charge in [-0.25, -0.2) is 4.39 Å². The van der Waals surface area contributed by atoms with E-state index in [0.29, 0.717) is 5.75 Å². The molecule has 0 radical (unpaired) electrons. The molecule has 0 atom stereocenters. The molecular formula is C21H25FN2O2S. The third-order valence-corrected chi connectivity index (χ3v) is 5.68. The van der Waals surface area contributed by atoms with Crippen LogP contribution in [0.1, 0.15) is 12.0 Å². The van der Waals surface area contributed by atoms with Gasteiger partial charge in [-0.2, -0.15) is 0 Å². The number of methoxy groups -OCH3 is 1. The molecule has 0 N–H and O–H groups in total. The fourth-order valence-corrected chi connectivity index (χ4v) is 3.94. The molecular weight excluding hydrogens is 363 g/mol. The van der Waals surface area contributed by atoms with Crippen molar-refractivity contribution in [3.63, 3.8) is 0 Å². The van der Waals surface area contributed by atoms with Crippen molar-refractivity contribution in [1.82, 2.24) is 9.80 Å². The van der Waals surface area contributed by atoms with Gasteiger partial charge in [0.2, 0.25) is 5.91 Å². The van der Waals surface area contributed by atoms with Gasteiger partial charge in [-0.05, 0) is 48.4 Å². The summed E-state index contributed by atoms with van der Waals surface area (Å²) in [5, 5.41) is 0. The average Bonchev–Trinajstić information content (AvgIpc) is 2.93. The van der Waals surface area contributed by atoms with Gasteiger partial charge in [-0.3, -0.25) is 9.69 Å². The lowest BCUT2D eigenvalue weighted by atomic mass is 10.2. The minimum atomic E-state index is -0.254. The average molecular weight is 389 g/mol. The molecule has 0 aromatic heterocycles. The summed E-state index contributed by atoms with van der Waals surface area (Å²) >= 11 is 1.46. The van der Waals surface area contributed by atoms with Crippen LogP contribution in [-0.2, 0) is 11.3 Å². The molecule has 2 aromatic carbocycles. The lowest BCUT2D eigenvalue weighted by Gasteiger charge is -2.22. The van der Waals surface area contributed by atoms with E-state index in [1.807, 2.05) is 17.0 Å². The third kappa shape index (κ3) is 5.97. The number of hydrogen-bond acceptors (Lipinski definition) is 4. The minimum absolute atomic E-state index is 0.149. The molecule has 2 aromatic rings. The molecule has 1 amide bonds. The van der Waals surface area contributed by atoms with E-state index in [9.17, 15) is 9.18 Å². The highest BCUT2D eigenvalue weighted by atomic mass is 32.2. The largest absolute Gasteiger partial charge is 0.497 e. The van der Waals surface area contributed by atoms with Crippen LogP contribution in [0.5, 0.6) is 5.75 Å². The number of halogens is 1. The zero-order valence-electron chi connectivity index (χ0n) is 15.6. The molecule has 1 aliphatic heterocycles. The second-order valence-electron chi connectivity index (χ2n) is 6.60. The molecule has 0 bridgehead atoms. The van der Waals surface area contributed by atoms with Crippen LogP contribution in [0.3, 0.4) is 0 Å². The van der Waals surface area contributed by atoms with Crippen molar-refractivity contribution in [2.75, 3.05) is 39.0 Å². The number of thioether (sulfide) groups is 1. The fourth-order valence-electron chi connectivity index (χ4n) is 3.13. The standard InChI is InChI=1S/C21H25FN2O2S/c1-26-19-7-3-17(4-8-19)15-23-11-2-12-24(14-13-23)21(25)16-27-20-9-5-18(22)6-10-20/h3-10H,2,11-16H2,1H3. The molecule has 144 valence electrons. The maximum atomic E-state index is 13.0. The highest BCUT2D eigenvalue weighted by molar-refractivity contribution is 8.00. The smallest absolute Gasteiger partial charge is 0.232 e. The van der Waals surface area contributed by atoms with Gasteiger partial charge in [0.15, 0.2) is 0 Å². The second-order valence-corrected chi connectivity index (χ2v) is 7.65. The van der Waals surface area contributed by atoms with Crippen molar-refractivity contribution in [3.8, 4) is 5.75 Å². The summed E-state index contributed by atoms with van der Waals surface area (Å²) in [5.74, 6) is 1.15. The summed E-state index contributed by atoms with van der Waals surface area (Å²) in [6.07, 6.45) is 0.975. The van der Waals surface area contributed by atoms with Gasteiger partial charge < -0.3 is 9.64 Å². The minimum Gasteiger partial charge on any atom is -0.497 e. The topological polar surface area (TPSA) is 32.8 Å². The van der Waals surface area contributed by atoms with Crippen molar-refractivity contribution in [2.24, 2.45) is 0 Å². The summed E-state index contributed by atoms with van der Waals surface area (Å²) in [7, 11) is 1.67. The van der Waals surface area contributed by atoms with E-state index in [2.05, 4.69) is 17.0 Å². The Bertz CT molecular complexity index is 737. The first kappa shape index (κ1) is 19.7. The first-order valence-corrected chi connectivity index (χ1v) is 10.1. The predicted octanol–water partition coefficient (Wildman–Crippen LogP) is 3.66. The van der Waals surface area contributed by atoms with Crippen LogP contribution < -0.4 is 4.74 Å². The number of ether oxygens (including phenoxy) is 1. The Kier molecular flexibility index (Phi) is 7.12. The first-order chi connectivity index (χ1) is 13.1. The van der Waals surface area contributed by atoms with Crippen LogP contribution in [0.25, 0.3) is 0 Å². The van der Waals surface area contributed by atoms with Gasteiger partial charge >= 0.3 is 0 Å². The Morgan fingerprint density at radius 3 is 2.48 bits per heavy atom. The molecule has 0 saturated carbocycles. The lowest BCUT2D eigenvalue weighted by Crippen LogP contribution is -2.36. The Labute approximate surface area is 164 Å². The summed E-state index contributed by atoms with van der Waals surface area (Å²) < 4.78 is 18.2. The van der Waals surface area contributed by atoms with E-state index in [4.69, 9.17) is 4.74 Å². The van der Waals surface area contributed by atoms with Crippen LogP contribution in [0.15, 0.2) is 53.4 Å². The SMILES string of the molecule is COc1ccc(CN2CCCN(C(=O)CSc3ccc(F)cc3)CC2)cc1. The Morgan fingerprint density at radius 2 is 1.78 bits per heavy atom. The monoisotopic (exact) mass is 388 g/mol. The van der Waals surface area contributed by atoms with E-state index >= 15 is 0 Å². The van der Waals surface area contributed by atoms with Crippen molar-refractivity contribution in [1.29, 1.82) is 0 Å². The highest BCUT2D eigenvalue weighted by Gasteiger charge is 2.19. The van der Waals surface area contributed by atoms with E-state index in [1.165, 1.54) is 29.5 Å². The van der Waals surface area contributed by atoms with Crippen LogP contribution in [0.2, 0.25) is 0 Å². The van der Waals surface area contributed by atoms with Gasteiger partial charge in [-0.15, -0.1) is 11.8 Å². The highest BCUT2D eigenvalue weighted by Crippen LogP contribution is 2.19. The normalized spacial score (nSPS) is 15.4. The predicted molar refractivity (Wildman–Crippen MR) is 107 cm³/mol. The van der Waals surface area contributed by atoms with Gasteiger partial charge in [0.25, 0.3) is 0 Å². The lowest BCUT2D eigenvalue weighted by molar-refractivity contribution is -0.128. The first-order valence-electron chi connectivity index (χ1n) is 9.15. The zero-order valence-corrected chi connectivity index (χ0v) is 16.4. The Morgan fingerprint density at radius 1 is 1.04 bits per heavy atom. The molecule has 1 fully saturated rings. The van der Waals surface area contributed by atoms with Crippen LogP contribution >= 0.6 is 11.8 Å². The maximum absolute atomic E-state index is 13.0. The van der Waals surface area contributed by atoms with E-state index in [-0.39, 0.29) is 11.7 Å². The molecule has 0 spiro atoms. The van der Waals surface area contributed by atoms with Crippen molar-refractivity contribution >= 4 is 17.7 Å². The zero-order chi connectivity index (χ0) is 19.1. The van der Waals surface area contributed by atoms with Crippen LogP contribution in [0, 0.1) is 5.82 Å². The molecule has 0 aliphatic carbocycles.